The lowest BCUT2D eigenvalue weighted by Gasteiger charge is -2.39. The van der Waals surface area contributed by atoms with Crippen LogP contribution in [0.5, 0.6) is 0 Å². The maximum atomic E-state index is 12.8. The van der Waals surface area contributed by atoms with Crippen LogP contribution in [0.3, 0.4) is 0 Å². The summed E-state index contributed by atoms with van der Waals surface area (Å²) in [7, 11) is -3.64. The molecule has 3 heterocycles. The van der Waals surface area contributed by atoms with Crippen LogP contribution in [0.1, 0.15) is 22.5 Å². The molecule has 3 rings (SSSR count). The van der Waals surface area contributed by atoms with Gasteiger partial charge in [-0.2, -0.15) is 4.31 Å². The van der Waals surface area contributed by atoms with Gasteiger partial charge in [0.05, 0.1) is 11.1 Å². The van der Waals surface area contributed by atoms with E-state index in [-0.39, 0.29) is 31.4 Å². The van der Waals surface area contributed by atoms with Crippen molar-refractivity contribution in [1.29, 1.82) is 0 Å². The van der Waals surface area contributed by atoms with Gasteiger partial charge in [0.25, 0.3) is 5.91 Å². The molecule has 0 aromatic carbocycles. The van der Waals surface area contributed by atoms with Gasteiger partial charge in [-0.15, -0.1) is 11.3 Å². The standard InChI is InChI=1S/C16H22N4O5S2/c1-27(24,25)20-8-7-19(16(23)13-5-3-9-26-13)10-12(20)15(22)18-11-4-2-6-17-14(11)21/h3,5,9,11-12H,2,4,6-8,10H2,1H3,(H,17,21)(H,18,22). The summed E-state index contributed by atoms with van der Waals surface area (Å²) in [6.07, 6.45) is 2.28. The van der Waals surface area contributed by atoms with Crippen molar-refractivity contribution in [2.75, 3.05) is 32.4 Å². The molecule has 11 heteroatoms. The van der Waals surface area contributed by atoms with Gasteiger partial charge < -0.3 is 15.5 Å². The summed E-state index contributed by atoms with van der Waals surface area (Å²) in [5, 5.41) is 7.10. The molecule has 148 valence electrons. The van der Waals surface area contributed by atoms with Crippen LogP contribution in [0, 0.1) is 0 Å². The zero-order valence-corrected chi connectivity index (χ0v) is 16.5. The molecule has 27 heavy (non-hydrogen) atoms. The molecule has 2 saturated heterocycles. The van der Waals surface area contributed by atoms with Crippen LogP contribution in [-0.4, -0.2) is 79.9 Å². The first-order chi connectivity index (χ1) is 12.8. The number of nitrogens with zero attached hydrogens (tertiary/aromatic N) is 2. The predicted molar refractivity (Wildman–Crippen MR) is 99.7 cm³/mol. The van der Waals surface area contributed by atoms with Gasteiger partial charge in [-0.1, -0.05) is 6.07 Å². The zero-order valence-electron chi connectivity index (χ0n) is 14.9. The van der Waals surface area contributed by atoms with Gasteiger partial charge in [-0.3, -0.25) is 14.4 Å². The lowest BCUT2D eigenvalue weighted by Crippen LogP contribution is -2.63. The van der Waals surface area contributed by atoms with Gasteiger partial charge in [0, 0.05) is 26.2 Å². The van der Waals surface area contributed by atoms with E-state index in [0.717, 1.165) is 17.0 Å². The summed E-state index contributed by atoms with van der Waals surface area (Å²) in [4.78, 5) is 39.3. The third-order valence-electron chi connectivity index (χ3n) is 4.68. The molecule has 0 bridgehead atoms. The summed E-state index contributed by atoms with van der Waals surface area (Å²) in [6, 6.07) is 1.71. The molecule has 2 unspecified atom stereocenters. The fourth-order valence-electron chi connectivity index (χ4n) is 3.30. The van der Waals surface area contributed by atoms with Gasteiger partial charge in [0.2, 0.25) is 21.8 Å². The Kier molecular flexibility index (Phi) is 5.82. The smallest absolute Gasteiger partial charge is 0.264 e. The number of carbonyl (C=O) groups is 3. The van der Waals surface area contributed by atoms with Crippen LogP contribution >= 0.6 is 11.3 Å². The van der Waals surface area contributed by atoms with E-state index in [9.17, 15) is 22.8 Å². The number of piperidine rings is 1. The summed E-state index contributed by atoms with van der Waals surface area (Å²) >= 11 is 1.29. The monoisotopic (exact) mass is 414 g/mol. The molecule has 1 aromatic rings. The zero-order chi connectivity index (χ0) is 19.6. The van der Waals surface area contributed by atoms with E-state index in [4.69, 9.17) is 0 Å². The normalized spacial score (nSPS) is 24.3. The summed E-state index contributed by atoms with van der Waals surface area (Å²) in [6.45, 7) is 0.750. The maximum Gasteiger partial charge on any atom is 0.264 e. The third kappa shape index (κ3) is 4.47. The molecule has 0 aliphatic carbocycles. The summed E-state index contributed by atoms with van der Waals surface area (Å²) in [5.41, 5.74) is 0. The first kappa shape index (κ1) is 19.8. The first-order valence-electron chi connectivity index (χ1n) is 8.65. The van der Waals surface area contributed by atoms with E-state index in [1.54, 1.807) is 17.5 Å². The Morgan fingerprint density at radius 2 is 2.11 bits per heavy atom. The van der Waals surface area contributed by atoms with Crippen LogP contribution in [0.2, 0.25) is 0 Å². The Morgan fingerprint density at radius 3 is 2.74 bits per heavy atom. The van der Waals surface area contributed by atoms with E-state index in [1.165, 1.54) is 16.2 Å². The van der Waals surface area contributed by atoms with Crippen LogP contribution in [0.4, 0.5) is 0 Å². The second-order valence-electron chi connectivity index (χ2n) is 6.61. The molecule has 2 aliphatic rings. The third-order valence-corrected chi connectivity index (χ3v) is 6.83. The predicted octanol–water partition coefficient (Wildman–Crippen LogP) is -0.771. The number of hydrogen-bond donors (Lipinski definition) is 2. The fourth-order valence-corrected chi connectivity index (χ4v) is 5.02. The molecule has 3 amide bonds. The lowest BCUT2D eigenvalue weighted by atomic mass is 10.1. The van der Waals surface area contributed by atoms with Gasteiger partial charge in [-0.05, 0) is 24.3 Å². The molecule has 9 nitrogen and oxygen atoms in total. The number of carbonyl (C=O) groups excluding carboxylic acids is 3. The van der Waals surface area contributed by atoms with Crippen LogP contribution in [0.25, 0.3) is 0 Å². The van der Waals surface area contributed by atoms with Crippen molar-refractivity contribution >= 4 is 39.1 Å². The molecular formula is C16H22N4O5S2. The van der Waals surface area contributed by atoms with Crippen molar-refractivity contribution in [2.24, 2.45) is 0 Å². The van der Waals surface area contributed by atoms with E-state index in [0.29, 0.717) is 17.8 Å². The number of sulfonamides is 1. The first-order valence-corrected chi connectivity index (χ1v) is 11.4. The Balaban J connectivity index is 1.77. The highest BCUT2D eigenvalue weighted by Crippen LogP contribution is 2.19. The van der Waals surface area contributed by atoms with E-state index >= 15 is 0 Å². The molecule has 2 atom stereocenters. The number of nitrogens with one attached hydrogen (secondary N) is 2. The fraction of sp³-hybridized carbons (Fsp3) is 0.562. The van der Waals surface area contributed by atoms with E-state index in [2.05, 4.69) is 10.6 Å². The Labute approximate surface area is 161 Å². The Morgan fingerprint density at radius 1 is 1.33 bits per heavy atom. The average molecular weight is 415 g/mol. The highest BCUT2D eigenvalue weighted by Gasteiger charge is 2.40. The molecule has 1 aromatic heterocycles. The molecule has 0 saturated carbocycles. The SMILES string of the molecule is CS(=O)(=O)N1CCN(C(=O)c2cccs2)CC1C(=O)NC1CCCNC1=O. The number of piperazine rings is 1. The van der Waals surface area contributed by atoms with Crippen molar-refractivity contribution in [1.82, 2.24) is 19.8 Å². The van der Waals surface area contributed by atoms with Crippen molar-refractivity contribution in [3.8, 4) is 0 Å². The highest BCUT2D eigenvalue weighted by atomic mass is 32.2. The minimum atomic E-state index is -3.64. The van der Waals surface area contributed by atoms with E-state index < -0.39 is 28.0 Å². The Hall–Kier alpha value is -1.98. The molecule has 2 aliphatic heterocycles. The quantitative estimate of drug-likeness (QED) is 0.671. The second kappa shape index (κ2) is 7.95. The van der Waals surface area contributed by atoms with Crippen molar-refractivity contribution in [3.63, 3.8) is 0 Å². The largest absolute Gasteiger partial charge is 0.354 e. The molecule has 0 radical (unpaired) electrons. The molecule has 2 fully saturated rings. The molecule has 0 spiro atoms. The van der Waals surface area contributed by atoms with Crippen LogP contribution in [-0.2, 0) is 19.6 Å². The average Bonchev–Trinajstić information content (AvgIpc) is 3.16. The van der Waals surface area contributed by atoms with Gasteiger partial charge in [0.15, 0.2) is 0 Å². The number of thiophene rings is 1. The Bertz CT molecular complexity index is 824. The number of hydrogen-bond acceptors (Lipinski definition) is 6. The summed E-state index contributed by atoms with van der Waals surface area (Å²) < 4.78 is 25.4. The number of rotatable bonds is 4. The van der Waals surface area contributed by atoms with Crippen LogP contribution in [0.15, 0.2) is 17.5 Å². The van der Waals surface area contributed by atoms with Crippen LogP contribution < -0.4 is 10.6 Å². The van der Waals surface area contributed by atoms with Gasteiger partial charge >= 0.3 is 0 Å². The topological polar surface area (TPSA) is 116 Å². The van der Waals surface area contributed by atoms with Gasteiger partial charge in [-0.25, -0.2) is 8.42 Å². The van der Waals surface area contributed by atoms with E-state index in [1.807, 2.05) is 0 Å². The van der Waals surface area contributed by atoms with Gasteiger partial charge in [0.1, 0.15) is 12.1 Å². The molecular weight excluding hydrogens is 392 g/mol. The van der Waals surface area contributed by atoms with Crippen molar-refractivity contribution in [2.45, 2.75) is 24.9 Å². The van der Waals surface area contributed by atoms with Crippen molar-refractivity contribution < 1.29 is 22.8 Å². The minimum absolute atomic E-state index is 0.0326. The number of amides is 3. The lowest BCUT2D eigenvalue weighted by molar-refractivity contribution is -0.132. The minimum Gasteiger partial charge on any atom is -0.354 e. The second-order valence-corrected chi connectivity index (χ2v) is 9.50. The van der Waals surface area contributed by atoms with Crippen molar-refractivity contribution in [3.05, 3.63) is 22.4 Å². The highest BCUT2D eigenvalue weighted by molar-refractivity contribution is 7.88. The maximum absolute atomic E-state index is 12.8. The summed E-state index contributed by atoms with van der Waals surface area (Å²) in [5.74, 6) is -1.07. The molecule has 2 N–H and O–H groups in total.